The van der Waals surface area contributed by atoms with Crippen LogP contribution in [0.5, 0.6) is 5.75 Å². The normalized spacial score (nSPS) is 11.9. The summed E-state index contributed by atoms with van der Waals surface area (Å²) in [5, 5.41) is 2.70. The summed E-state index contributed by atoms with van der Waals surface area (Å²) in [6.07, 6.45) is 0. The predicted molar refractivity (Wildman–Crippen MR) is 106 cm³/mol. The Morgan fingerprint density at radius 3 is 2.31 bits per heavy atom. The number of carbonyl (C=O) groups is 1. The fraction of sp³-hybridized carbons (Fsp3) is 0.316. The number of carbonyl (C=O) groups excluding carboxylic acids is 1. The number of sulfone groups is 1. The first-order valence-corrected chi connectivity index (χ1v) is 10.4. The van der Waals surface area contributed by atoms with Crippen LogP contribution in [0.15, 0.2) is 51.8 Å². The smallest absolute Gasteiger partial charge is 0.245 e. The van der Waals surface area contributed by atoms with Crippen LogP contribution in [0.4, 0.5) is 5.69 Å². The van der Waals surface area contributed by atoms with E-state index in [9.17, 15) is 13.2 Å². The van der Waals surface area contributed by atoms with Crippen LogP contribution in [0.25, 0.3) is 0 Å². The van der Waals surface area contributed by atoms with Crippen molar-refractivity contribution in [2.45, 2.75) is 37.3 Å². The Morgan fingerprint density at radius 1 is 1.15 bits per heavy atom. The van der Waals surface area contributed by atoms with E-state index in [4.69, 9.17) is 4.74 Å². The predicted octanol–water partition coefficient (Wildman–Crippen LogP) is 4.35. The molecular formula is C19H22BrNO4S. The molecule has 5 nitrogen and oxygen atoms in total. The molecule has 0 heterocycles. The van der Waals surface area contributed by atoms with Crippen molar-refractivity contribution in [1.29, 1.82) is 0 Å². The molecule has 2 rings (SSSR count). The zero-order valence-corrected chi connectivity index (χ0v) is 17.6. The van der Waals surface area contributed by atoms with Gasteiger partial charge in [-0.25, -0.2) is 8.42 Å². The fourth-order valence-electron chi connectivity index (χ4n) is 2.36. The maximum atomic E-state index is 12.9. The average molecular weight is 440 g/mol. The molecule has 0 aliphatic heterocycles. The Balaban J connectivity index is 2.27. The van der Waals surface area contributed by atoms with Gasteiger partial charge in [-0.15, -0.1) is 0 Å². The summed E-state index contributed by atoms with van der Waals surface area (Å²) in [6.45, 7) is 7.11. The van der Waals surface area contributed by atoms with Crippen LogP contribution in [-0.2, 0) is 14.6 Å². The van der Waals surface area contributed by atoms with Crippen LogP contribution >= 0.6 is 15.9 Å². The van der Waals surface area contributed by atoms with Gasteiger partial charge in [0, 0.05) is 10.2 Å². The first-order chi connectivity index (χ1) is 12.1. The van der Waals surface area contributed by atoms with E-state index in [1.807, 2.05) is 13.8 Å². The summed E-state index contributed by atoms with van der Waals surface area (Å²) in [5.41, 5.74) is 1.38. The number of hydrogen-bond donors (Lipinski definition) is 1. The highest BCUT2D eigenvalue weighted by atomic mass is 79.9. The lowest BCUT2D eigenvalue weighted by molar-refractivity contribution is -0.117. The molecule has 0 saturated heterocycles. The first kappa shape index (κ1) is 20.5. The van der Waals surface area contributed by atoms with Gasteiger partial charge in [0.25, 0.3) is 0 Å². The fourth-order valence-corrected chi connectivity index (χ4v) is 4.00. The molecule has 0 saturated carbocycles. The van der Waals surface area contributed by atoms with Gasteiger partial charge in [0.2, 0.25) is 5.91 Å². The molecule has 0 radical (unpaired) electrons. The quantitative estimate of drug-likeness (QED) is 0.725. The number of halogens is 1. The summed E-state index contributed by atoms with van der Waals surface area (Å²) in [5.74, 6) is 0.135. The summed E-state index contributed by atoms with van der Waals surface area (Å²) in [7, 11) is -3.86. The first-order valence-electron chi connectivity index (χ1n) is 8.14. The minimum absolute atomic E-state index is 0.101. The number of amides is 1. The zero-order valence-electron chi connectivity index (χ0n) is 15.2. The Kier molecular flexibility index (Phi) is 6.13. The van der Waals surface area contributed by atoms with Gasteiger partial charge in [0.05, 0.1) is 11.5 Å². The van der Waals surface area contributed by atoms with Gasteiger partial charge < -0.3 is 10.1 Å². The van der Waals surface area contributed by atoms with Gasteiger partial charge in [0.1, 0.15) is 10.5 Å². The standard InChI is InChI=1S/C19H22BrNO4S/c1-5-25-17-11-8-15(12-13(17)2)21-18(22)19(3,4)26(23,24)16-9-6-14(20)7-10-16/h6-12H,5H2,1-4H3,(H,21,22). The lowest BCUT2D eigenvalue weighted by Gasteiger charge is -2.24. The molecule has 0 unspecified atom stereocenters. The minimum atomic E-state index is -3.86. The summed E-state index contributed by atoms with van der Waals surface area (Å²) in [4.78, 5) is 12.8. The highest BCUT2D eigenvalue weighted by Gasteiger charge is 2.42. The van der Waals surface area contributed by atoms with Crippen molar-refractivity contribution in [3.8, 4) is 5.75 Å². The second-order valence-electron chi connectivity index (χ2n) is 6.34. The van der Waals surface area contributed by atoms with Crippen molar-refractivity contribution >= 4 is 37.4 Å². The van der Waals surface area contributed by atoms with Crippen LogP contribution in [0.2, 0.25) is 0 Å². The van der Waals surface area contributed by atoms with E-state index in [2.05, 4.69) is 21.2 Å². The molecule has 26 heavy (non-hydrogen) atoms. The lowest BCUT2D eigenvalue weighted by Crippen LogP contribution is -2.44. The zero-order chi connectivity index (χ0) is 19.5. The Morgan fingerprint density at radius 2 is 1.77 bits per heavy atom. The monoisotopic (exact) mass is 439 g/mol. The molecule has 0 bridgehead atoms. The van der Waals surface area contributed by atoms with Crippen LogP contribution in [0.1, 0.15) is 26.3 Å². The number of nitrogens with one attached hydrogen (secondary N) is 1. The molecular weight excluding hydrogens is 418 g/mol. The Bertz CT molecular complexity index is 906. The van der Waals surface area contributed by atoms with Gasteiger partial charge in [-0.1, -0.05) is 15.9 Å². The largest absolute Gasteiger partial charge is 0.494 e. The minimum Gasteiger partial charge on any atom is -0.494 e. The van der Waals surface area contributed by atoms with Crippen molar-refractivity contribution in [2.24, 2.45) is 0 Å². The van der Waals surface area contributed by atoms with E-state index in [0.717, 1.165) is 15.8 Å². The average Bonchev–Trinajstić information content (AvgIpc) is 2.57. The maximum Gasteiger partial charge on any atom is 0.245 e. The van der Waals surface area contributed by atoms with Crippen LogP contribution in [0.3, 0.4) is 0 Å². The second-order valence-corrected chi connectivity index (χ2v) is 9.75. The molecule has 0 spiro atoms. The molecule has 2 aromatic carbocycles. The van der Waals surface area contributed by atoms with Crippen LogP contribution < -0.4 is 10.1 Å². The molecule has 1 N–H and O–H groups in total. The topological polar surface area (TPSA) is 72.5 Å². The van der Waals surface area contributed by atoms with Crippen molar-refractivity contribution in [1.82, 2.24) is 0 Å². The third-order valence-corrected chi connectivity index (χ3v) is 7.03. The van der Waals surface area contributed by atoms with E-state index in [0.29, 0.717) is 12.3 Å². The molecule has 2 aromatic rings. The van der Waals surface area contributed by atoms with E-state index < -0.39 is 20.5 Å². The van der Waals surface area contributed by atoms with Crippen molar-refractivity contribution in [3.05, 3.63) is 52.5 Å². The molecule has 1 amide bonds. The van der Waals surface area contributed by atoms with Gasteiger partial charge in [0.15, 0.2) is 9.84 Å². The van der Waals surface area contributed by atoms with E-state index >= 15 is 0 Å². The SMILES string of the molecule is CCOc1ccc(NC(=O)C(C)(C)S(=O)(=O)c2ccc(Br)cc2)cc1C. The summed E-state index contributed by atoms with van der Waals surface area (Å²) in [6, 6.07) is 11.4. The number of hydrogen-bond acceptors (Lipinski definition) is 4. The van der Waals surface area contributed by atoms with E-state index in [1.54, 1.807) is 30.3 Å². The molecule has 0 aliphatic rings. The van der Waals surface area contributed by atoms with Crippen molar-refractivity contribution in [3.63, 3.8) is 0 Å². The number of ether oxygens (including phenoxy) is 1. The third kappa shape index (κ3) is 4.10. The highest BCUT2D eigenvalue weighted by Crippen LogP contribution is 2.29. The molecule has 0 fully saturated rings. The number of aryl methyl sites for hydroxylation is 1. The van der Waals surface area contributed by atoms with Gasteiger partial charge in [-0.3, -0.25) is 4.79 Å². The number of anilines is 1. The number of rotatable bonds is 6. The lowest BCUT2D eigenvalue weighted by atomic mass is 10.1. The summed E-state index contributed by atoms with van der Waals surface area (Å²) < 4.78 is 30.4. The highest BCUT2D eigenvalue weighted by molar-refractivity contribution is 9.10. The van der Waals surface area contributed by atoms with E-state index in [1.165, 1.54) is 26.0 Å². The molecule has 140 valence electrons. The maximum absolute atomic E-state index is 12.9. The van der Waals surface area contributed by atoms with E-state index in [-0.39, 0.29) is 4.90 Å². The van der Waals surface area contributed by atoms with Crippen LogP contribution in [0, 0.1) is 6.92 Å². The van der Waals surface area contributed by atoms with Crippen molar-refractivity contribution in [2.75, 3.05) is 11.9 Å². The molecule has 0 atom stereocenters. The summed E-state index contributed by atoms with van der Waals surface area (Å²) >= 11 is 3.28. The Labute approximate surface area is 162 Å². The molecule has 0 aliphatic carbocycles. The van der Waals surface area contributed by atoms with Crippen LogP contribution in [-0.4, -0.2) is 25.7 Å². The second kappa shape index (κ2) is 7.80. The Hall–Kier alpha value is -1.86. The van der Waals surface area contributed by atoms with Gasteiger partial charge in [-0.2, -0.15) is 0 Å². The van der Waals surface area contributed by atoms with Crippen molar-refractivity contribution < 1.29 is 17.9 Å². The van der Waals surface area contributed by atoms with Gasteiger partial charge >= 0.3 is 0 Å². The molecule has 7 heteroatoms. The molecule has 0 aromatic heterocycles. The van der Waals surface area contributed by atoms with Gasteiger partial charge in [-0.05, 0) is 75.7 Å². The number of benzene rings is 2. The third-order valence-electron chi connectivity index (χ3n) is 4.08.